The minimum atomic E-state index is -0.512. The van der Waals surface area contributed by atoms with Crippen molar-refractivity contribution in [1.29, 1.82) is 0 Å². The van der Waals surface area contributed by atoms with Gasteiger partial charge in [0, 0.05) is 17.1 Å². The van der Waals surface area contributed by atoms with Crippen LogP contribution in [-0.2, 0) is 6.61 Å². The van der Waals surface area contributed by atoms with Crippen molar-refractivity contribution in [2.75, 3.05) is 7.11 Å². The molecule has 7 heteroatoms. The minimum absolute atomic E-state index is 0.0262. The molecule has 128 valence electrons. The van der Waals surface area contributed by atoms with Gasteiger partial charge in [0.15, 0.2) is 0 Å². The van der Waals surface area contributed by atoms with Gasteiger partial charge in [0.1, 0.15) is 17.9 Å². The molecule has 2 aromatic carbocycles. The van der Waals surface area contributed by atoms with Gasteiger partial charge in [0.25, 0.3) is 0 Å². The lowest BCUT2D eigenvalue weighted by atomic mass is 10.1. The molecule has 0 bridgehead atoms. The maximum Gasteiger partial charge on any atom is 0.311 e. The van der Waals surface area contributed by atoms with Crippen LogP contribution in [0.4, 0.5) is 5.69 Å². The lowest BCUT2D eigenvalue weighted by Crippen LogP contribution is -2.03. The third kappa shape index (κ3) is 3.34. The van der Waals surface area contributed by atoms with Crippen LogP contribution in [0.25, 0.3) is 10.9 Å². The molecule has 1 aromatic heterocycles. The fourth-order valence-corrected chi connectivity index (χ4v) is 2.78. The molecule has 0 aliphatic heterocycles. The lowest BCUT2D eigenvalue weighted by Gasteiger charge is -2.13. The molecule has 0 fully saturated rings. The quantitative estimate of drug-likeness (QED) is 0.488. The van der Waals surface area contributed by atoms with Gasteiger partial charge >= 0.3 is 5.69 Å². The number of aryl methyl sites for hydroxylation is 1. The van der Waals surface area contributed by atoms with Crippen LogP contribution in [0.3, 0.4) is 0 Å². The van der Waals surface area contributed by atoms with Crippen molar-refractivity contribution in [3.05, 3.63) is 68.9 Å². The molecule has 6 nitrogen and oxygen atoms in total. The summed E-state index contributed by atoms with van der Waals surface area (Å²) in [4.78, 5) is 15.2. The summed E-state index contributed by atoms with van der Waals surface area (Å²) in [6.07, 6.45) is 0. The smallest absolute Gasteiger partial charge is 0.311 e. The Balaban J connectivity index is 1.99. The number of nitrogens with zero attached hydrogens (tertiary/aromatic N) is 2. The molecule has 0 aliphatic carbocycles. The maximum atomic E-state index is 11.2. The highest BCUT2D eigenvalue weighted by Gasteiger charge is 2.22. The number of benzene rings is 2. The summed E-state index contributed by atoms with van der Waals surface area (Å²) < 4.78 is 11.1. The number of pyridine rings is 1. The number of rotatable bonds is 5. The molecule has 0 amide bonds. The molecule has 3 aromatic rings. The van der Waals surface area contributed by atoms with Crippen LogP contribution in [-0.4, -0.2) is 17.0 Å². The van der Waals surface area contributed by atoms with Crippen molar-refractivity contribution < 1.29 is 14.4 Å². The molecule has 0 unspecified atom stereocenters. The monoisotopic (exact) mass is 358 g/mol. The first-order valence-electron chi connectivity index (χ1n) is 7.50. The number of halogens is 1. The average Bonchev–Trinajstić information content (AvgIpc) is 2.60. The lowest BCUT2D eigenvalue weighted by molar-refractivity contribution is -0.385. The number of para-hydroxylation sites is 1. The zero-order chi connectivity index (χ0) is 18.0. The number of aromatic nitrogens is 1. The Morgan fingerprint density at radius 1 is 1.20 bits per heavy atom. The van der Waals surface area contributed by atoms with Gasteiger partial charge in [-0.3, -0.25) is 10.1 Å². The van der Waals surface area contributed by atoms with E-state index in [9.17, 15) is 10.1 Å². The molecule has 25 heavy (non-hydrogen) atoms. The van der Waals surface area contributed by atoms with E-state index in [0.29, 0.717) is 16.3 Å². The van der Waals surface area contributed by atoms with Crippen molar-refractivity contribution in [2.24, 2.45) is 0 Å². The predicted octanol–water partition coefficient (Wildman–Crippen LogP) is 4.69. The second kappa shape index (κ2) is 6.94. The van der Waals surface area contributed by atoms with Gasteiger partial charge in [-0.15, -0.1) is 0 Å². The highest BCUT2D eigenvalue weighted by Crippen LogP contribution is 2.36. The van der Waals surface area contributed by atoms with E-state index in [0.717, 1.165) is 16.6 Å². The second-order valence-electron chi connectivity index (χ2n) is 5.40. The molecular weight excluding hydrogens is 344 g/mol. The number of hydrogen-bond acceptors (Lipinski definition) is 5. The topological polar surface area (TPSA) is 74.5 Å². The number of fused-ring (bicyclic) bond motifs is 1. The van der Waals surface area contributed by atoms with Crippen LogP contribution in [0.1, 0.15) is 11.3 Å². The van der Waals surface area contributed by atoms with Crippen LogP contribution >= 0.6 is 11.6 Å². The van der Waals surface area contributed by atoms with Crippen LogP contribution in [0.15, 0.2) is 42.5 Å². The Bertz CT molecular complexity index is 959. The molecule has 3 rings (SSSR count). The molecule has 1 heterocycles. The van der Waals surface area contributed by atoms with Crippen molar-refractivity contribution in [3.63, 3.8) is 0 Å². The second-order valence-corrected chi connectivity index (χ2v) is 5.81. The summed E-state index contributed by atoms with van der Waals surface area (Å²) in [7, 11) is 1.37. The highest BCUT2D eigenvalue weighted by molar-refractivity contribution is 6.31. The normalized spacial score (nSPS) is 10.7. The molecule has 0 saturated carbocycles. The van der Waals surface area contributed by atoms with E-state index in [1.54, 1.807) is 6.07 Å². The summed E-state index contributed by atoms with van der Waals surface area (Å²) >= 11 is 6.20. The van der Waals surface area contributed by atoms with E-state index in [2.05, 4.69) is 4.98 Å². The van der Waals surface area contributed by atoms with Crippen LogP contribution in [0.5, 0.6) is 11.5 Å². The van der Waals surface area contributed by atoms with Gasteiger partial charge < -0.3 is 9.47 Å². The van der Waals surface area contributed by atoms with E-state index < -0.39 is 4.92 Å². The Labute approximate surface area is 149 Å². The summed E-state index contributed by atoms with van der Waals surface area (Å²) in [5.74, 6) is 0.674. The third-order valence-electron chi connectivity index (χ3n) is 3.78. The summed E-state index contributed by atoms with van der Waals surface area (Å²) in [5.41, 5.74) is 1.86. The number of nitro benzene ring substituents is 1. The molecule has 0 spiro atoms. The SMILES string of the molecule is COc1c([N+](=O)[O-])ccc(Cl)c1COc1cccc2ccc(C)nc12. The number of nitro groups is 1. The third-order valence-corrected chi connectivity index (χ3v) is 4.13. The first kappa shape index (κ1) is 17.0. The molecule has 0 atom stereocenters. The predicted molar refractivity (Wildman–Crippen MR) is 95.5 cm³/mol. The highest BCUT2D eigenvalue weighted by atomic mass is 35.5. The van der Waals surface area contributed by atoms with E-state index in [1.807, 2.05) is 31.2 Å². The molecule has 0 N–H and O–H groups in total. The van der Waals surface area contributed by atoms with Crippen molar-refractivity contribution in [1.82, 2.24) is 4.98 Å². The standard InChI is InChI=1S/C18H15ClN2O4/c1-11-6-7-12-4-3-5-16(17(12)20-11)25-10-13-14(19)8-9-15(21(22)23)18(13)24-2/h3-9H,10H2,1-2H3. The summed E-state index contributed by atoms with van der Waals surface area (Å²) in [6.45, 7) is 1.93. The first-order valence-corrected chi connectivity index (χ1v) is 7.88. The first-order chi connectivity index (χ1) is 12.0. The van der Waals surface area contributed by atoms with E-state index in [4.69, 9.17) is 21.1 Å². The number of hydrogen-bond donors (Lipinski definition) is 0. The fourth-order valence-electron chi connectivity index (χ4n) is 2.58. The zero-order valence-electron chi connectivity index (χ0n) is 13.7. The van der Waals surface area contributed by atoms with Crippen molar-refractivity contribution in [2.45, 2.75) is 13.5 Å². The van der Waals surface area contributed by atoms with Gasteiger partial charge in [-0.2, -0.15) is 0 Å². The summed E-state index contributed by atoms with van der Waals surface area (Å²) in [6, 6.07) is 12.3. The van der Waals surface area contributed by atoms with Gasteiger partial charge in [-0.05, 0) is 25.1 Å². The van der Waals surface area contributed by atoms with Gasteiger partial charge in [0.05, 0.1) is 22.6 Å². The zero-order valence-corrected chi connectivity index (χ0v) is 14.4. The molecular formula is C18H15ClN2O4. The Morgan fingerprint density at radius 2 is 2.00 bits per heavy atom. The number of methoxy groups -OCH3 is 1. The average molecular weight is 359 g/mol. The minimum Gasteiger partial charge on any atom is -0.490 e. The Morgan fingerprint density at radius 3 is 2.72 bits per heavy atom. The molecule has 0 radical (unpaired) electrons. The van der Waals surface area contributed by atoms with Gasteiger partial charge in [-0.1, -0.05) is 29.8 Å². The fraction of sp³-hybridized carbons (Fsp3) is 0.167. The van der Waals surface area contributed by atoms with Crippen LogP contribution in [0.2, 0.25) is 5.02 Å². The summed E-state index contributed by atoms with van der Waals surface area (Å²) in [5, 5.41) is 12.4. The van der Waals surface area contributed by atoms with Crippen LogP contribution < -0.4 is 9.47 Å². The Hall–Kier alpha value is -2.86. The molecule has 0 aliphatic rings. The van der Waals surface area contributed by atoms with Crippen molar-refractivity contribution >= 4 is 28.2 Å². The maximum absolute atomic E-state index is 11.2. The number of ether oxygens (including phenoxy) is 2. The van der Waals surface area contributed by atoms with Crippen molar-refractivity contribution in [3.8, 4) is 11.5 Å². The molecule has 0 saturated heterocycles. The van der Waals surface area contributed by atoms with E-state index in [1.165, 1.54) is 19.2 Å². The Kier molecular flexibility index (Phi) is 4.72. The largest absolute Gasteiger partial charge is 0.490 e. The van der Waals surface area contributed by atoms with E-state index in [-0.39, 0.29) is 18.0 Å². The van der Waals surface area contributed by atoms with E-state index >= 15 is 0 Å². The van der Waals surface area contributed by atoms with Gasteiger partial charge in [-0.25, -0.2) is 4.98 Å². The van der Waals surface area contributed by atoms with Gasteiger partial charge in [0.2, 0.25) is 5.75 Å². The van der Waals surface area contributed by atoms with Crippen LogP contribution in [0, 0.1) is 17.0 Å².